The monoisotopic (exact) mass is 351 g/mol. The lowest BCUT2D eigenvalue weighted by Gasteiger charge is -2.41. The Labute approximate surface area is 154 Å². The number of nitrogens with zero attached hydrogens (tertiary/aromatic N) is 1. The maximum absolute atomic E-state index is 11.3. The van der Waals surface area contributed by atoms with Crippen LogP contribution in [0.5, 0.6) is 11.5 Å². The molecule has 4 rings (SSSR count). The van der Waals surface area contributed by atoms with E-state index in [0.29, 0.717) is 25.6 Å². The van der Waals surface area contributed by atoms with E-state index in [0.717, 1.165) is 24.6 Å². The van der Waals surface area contributed by atoms with Gasteiger partial charge in [-0.05, 0) is 36.1 Å². The van der Waals surface area contributed by atoms with E-state index in [1.807, 2.05) is 6.07 Å². The maximum atomic E-state index is 11.3. The highest BCUT2D eigenvalue weighted by atomic mass is 16.6. The second-order valence-corrected chi connectivity index (χ2v) is 7.40. The van der Waals surface area contributed by atoms with Gasteiger partial charge >= 0.3 is 0 Å². The predicted molar refractivity (Wildman–Crippen MR) is 103 cm³/mol. The molecular formula is C22H25NO3. The van der Waals surface area contributed by atoms with Gasteiger partial charge in [0.25, 0.3) is 0 Å². The van der Waals surface area contributed by atoms with Crippen molar-refractivity contribution in [3.05, 3.63) is 53.6 Å². The molecule has 2 aromatic rings. The average Bonchev–Trinajstić information content (AvgIpc) is 2.60. The second-order valence-electron chi connectivity index (χ2n) is 7.40. The number of ether oxygens (including phenoxy) is 2. The first kappa shape index (κ1) is 17.0. The summed E-state index contributed by atoms with van der Waals surface area (Å²) in [7, 11) is 0. The molecule has 2 aliphatic heterocycles. The van der Waals surface area contributed by atoms with Crippen molar-refractivity contribution in [3.8, 4) is 11.5 Å². The number of carbonyl (C=O) groups excluding carboxylic acids is 1. The number of fused-ring (bicyclic) bond motifs is 1. The first-order chi connectivity index (χ1) is 12.6. The van der Waals surface area contributed by atoms with Crippen LogP contribution in [0.1, 0.15) is 43.2 Å². The highest BCUT2D eigenvalue weighted by molar-refractivity contribution is 5.76. The third-order valence-corrected chi connectivity index (χ3v) is 5.34. The number of anilines is 1. The molecule has 0 amide bonds. The van der Waals surface area contributed by atoms with E-state index >= 15 is 0 Å². The molecule has 2 aromatic carbocycles. The van der Waals surface area contributed by atoms with Crippen LogP contribution in [-0.4, -0.2) is 32.1 Å². The van der Waals surface area contributed by atoms with Gasteiger partial charge in [0.15, 0.2) is 11.5 Å². The van der Waals surface area contributed by atoms with Crippen molar-refractivity contribution in [2.45, 2.75) is 32.1 Å². The number of rotatable bonds is 5. The van der Waals surface area contributed by atoms with E-state index in [1.165, 1.54) is 16.8 Å². The van der Waals surface area contributed by atoms with Gasteiger partial charge in [0.05, 0.1) is 0 Å². The first-order valence-electron chi connectivity index (χ1n) is 9.34. The van der Waals surface area contributed by atoms with E-state index in [9.17, 15) is 4.79 Å². The molecule has 0 spiro atoms. The molecule has 0 aromatic heterocycles. The van der Waals surface area contributed by atoms with Gasteiger partial charge < -0.3 is 19.2 Å². The van der Waals surface area contributed by atoms with Gasteiger partial charge in [-0.2, -0.15) is 0 Å². The van der Waals surface area contributed by atoms with Gasteiger partial charge in [-0.25, -0.2) is 0 Å². The molecule has 4 heteroatoms. The van der Waals surface area contributed by atoms with Gasteiger partial charge in [0.1, 0.15) is 19.0 Å². The van der Waals surface area contributed by atoms with E-state index in [2.05, 4.69) is 48.2 Å². The van der Waals surface area contributed by atoms with Crippen LogP contribution in [0.3, 0.4) is 0 Å². The smallest absolute Gasteiger partial charge is 0.163 e. The largest absolute Gasteiger partial charge is 0.486 e. The third-order valence-electron chi connectivity index (χ3n) is 5.34. The topological polar surface area (TPSA) is 38.8 Å². The fraction of sp³-hybridized carbons (Fsp3) is 0.409. The van der Waals surface area contributed by atoms with Crippen molar-refractivity contribution in [2.24, 2.45) is 0 Å². The zero-order valence-electron chi connectivity index (χ0n) is 15.4. The summed E-state index contributed by atoms with van der Waals surface area (Å²) in [6.45, 7) is 7.05. The second kappa shape index (κ2) is 7.02. The molecule has 0 bridgehead atoms. The van der Waals surface area contributed by atoms with E-state index in [-0.39, 0.29) is 11.7 Å². The predicted octanol–water partition coefficient (Wildman–Crippen LogP) is 4.14. The van der Waals surface area contributed by atoms with Gasteiger partial charge in [0, 0.05) is 37.2 Å². The summed E-state index contributed by atoms with van der Waals surface area (Å²) in [5.74, 6) is 2.78. The molecule has 0 unspecified atom stereocenters. The molecule has 2 aliphatic rings. The number of hydrogen-bond acceptors (Lipinski definition) is 4. The van der Waals surface area contributed by atoms with E-state index in [4.69, 9.17) is 9.47 Å². The van der Waals surface area contributed by atoms with Gasteiger partial charge in [0.2, 0.25) is 0 Å². The zero-order chi connectivity index (χ0) is 18.1. The van der Waals surface area contributed by atoms with Crippen molar-refractivity contribution >= 4 is 11.5 Å². The molecule has 0 saturated carbocycles. The fourth-order valence-corrected chi connectivity index (χ4v) is 3.77. The van der Waals surface area contributed by atoms with Crippen molar-refractivity contribution < 1.29 is 14.3 Å². The Hall–Kier alpha value is -2.49. The summed E-state index contributed by atoms with van der Waals surface area (Å²) in [4.78, 5) is 13.7. The Morgan fingerprint density at radius 3 is 2.46 bits per heavy atom. The van der Waals surface area contributed by atoms with Crippen LogP contribution < -0.4 is 14.4 Å². The standard InChI is InChI=1S/C22H25NO3/c1-15(11-16(2)24)17-3-5-18(6-4-17)19-13-23(14-19)20-7-8-21-22(12-20)26-10-9-25-21/h3-8,12,15,19H,9-11,13-14H2,1-2H3/t15-/m1/s1. The molecule has 136 valence electrons. The Bertz CT molecular complexity index is 794. The lowest BCUT2D eigenvalue weighted by atomic mass is 9.88. The van der Waals surface area contributed by atoms with Gasteiger partial charge in [-0.3, -0.25) is 0 Å². The maximum Gasteiger partial charge on any atom is 0.163 e. The van der Waals surface area contributed by atoms with Crippen LogP contribution >= 0.6 is 0 Å². The lowest BCUT2D eigenvalue weighted by Crippen LogP contribution is -2.45. The Morgan fingerprint density at radius 2 is 1.77 bits per heavy atom. The van der Waals surface area contributed by atoms with Crippen molar-refractivity contribution in [1.82, 2.24) is 0 Å². The lowest BCUT2D eigenvalue weighted by molar-refractivity contribution is -0.117. The Kier molecular flexibility index (Phi) is 4.58. The molecule has 1 atom stereocenters. The van der Waals surface area contributed by atoms with Gasteiger partial charge in [-0.1, -0.05) is 31.2 Å². The average molecular weight is 351 g/mol. The number of benzene rings is 2. The Morgan fingerprint density at radius 1 is 1.08 bits per heavy atom. The molecular weight excluding hydrogens is 326 g/mol. The van der Waals surface area contributed by atoms with Crippen LogP contribution in [0.25, 0.3) is 0 Å². The summed E-state index contributed by atoms with van der Waals surface area (Å²) in [6.07, 6.45) is 0.612. The van der Waals surface area contributed by atoms with Gasteiger partial charge in [-0.15, -0.1) is 0 Å². The summed E-state index contributed by atoms with van der Waals surface area (Å²) in [5.41, 5.74) is 3.81. The highest BCUT2D eigenvalue weighted by Gasteiger charge is 2.29. The minimum atomic E-state index is 0.246. The Balaban J connectivity index is 1.38. The fourth-order valence-electron chi connectivity index (χ4n) is 3.77. The van der Waals surface area contributed by atoms with E-state index < -0.39 is 0 Å². The van der Waals surface area contributed by atoms with Crippen LogP contribution in [0.4, 0.5) is 5.69 Å². The normalized spacial score (nSPS) is 17.5. The quantitative estimate of drug-likeness (QED) is 0.811. The third kappa shape index (κ3) is 3.41. The number of carbonyl (C=O) groups is 1. The molecule has 2 heterocycles. The summed E-state index contributed by atoms with van der Waals surface area (Å²) < 4.78 is 11.3. The molecule has 0 aliphatic carbocycles. The van der Waals surface area contributed by atoms with Crippen molar-refractivity contribution in [3.63, 3.8) is 0 Å². The van der Waals surface area contributed by atoms with Crippen LogP contribution in [-0.2, 0) is 4.79 Å². The molecule has 1 saturated heterocycles. The molecule has 26 heavy (non-hydrogen) atoms. The number of hydrogen-bond donors (Lipinski definition) is 0. The molecule has 0 N–H and O–H groups in total. The summed E-state index contributed by atoms with van der Waals surface area (Å²) in [5, 5.41) is 0. The van der Waals surface area contributed by atoms with Crippen LogP contribution in [0, 0.1) is 0 Å². The summed E-state index contributed by atoms with van der Waals surface area (Å²) >= 11 is 0. The van der Waals surface area contributed by atoms with Crippen LogP contribution in [0.2, 0.25) is 0 Å². The molecule has 0 radical (unpaired) electrons. The minimum absolute atomic E-state index is 0.246. The van der Waals surface area contributed by atoms with Crippen molar-refractivity contribution in [2.75, 3.05) is 31.2 Å². The molecule has 1 fully saturated rings. The van der Waals surface area contributed by atoms with Crippen molar-refractivity contribution in [1.29, 1.82) is 0 Å². The number of ketones is 1. The van der Waals surface area contributed by atoms with Crippen LogP contribution in [0.15, 0.2) is 42.5 Å². The summed E-state index contributed by atoms with van der Waals surface area (Å²) in [6, 6.07) is 15.0. The van der Waals surface area contributed by atoms with E-state index in [1.54, 1.807) is 6.92 Å². The first-order valence-corrected chi connectivity index (χ1v) is 9.34. The number of Topliss-reactive ketones (excluding diaryl/α,β-unsaturated/α-hetero) is 1. The SMILES string of the molecule is CC(=O)C[C@@H](C)c1ccc(C2CN(c3ccc4c(c3)OCCO4)C2)cc1. The zero-order valence-corrected chi connectivity index (χ0v) is 15.4. The highest BCUT2D eigenvalue weighted by Crippen LogP contribution is 2.38. The minimum Gasteiger partial charge on any atom is -0.486 e. The molecule has 4 nitrogen and oxygen atoms in total.